The number of nitrogens with one attached hydrogen (secondary N) is 1. The molecule has 33 heavy (non-hydrogen) atoms. The largest absolute Gasteiger partial charge is 0.383 e. The first kappa shape index (κ1) is 21.0. The van der Waals surface area contributed by atoms with Gasteiger partial charge in [-0.1, -0.05) is 6.07 Å². The molecule has 5 rings (SSSR count). The van der Waals surface area contributed by atoms with E-state index in [1.54, 1.807) is 0 Å². The van der Waals surface area contributed by atoms with Crippen molar-refractivity contribution < 1.29 is 22.7 Å². The molecule has 10 heteroatoms. The predicted octanol–water partition coefficient (Wildman–Crippen LogP) is 3.83. The van der Waals surface area contributed by atoms with Crippen LogP contribution in [0.25, 0.3) is 11.0 Å². The Morgan fingerprint density at radius 3 is 2.55 bits per heavy atom. The molecule has 0 spiro atoms. The zero-order chi connectivity index (χ0) is 23.1. The van der Waals surface area contributed by atoms with Crippen molar-refractivity contribution >= 4 is 22.8 Å². The Morgan fingerprint density at radius 1 is 1.06 bits per heavy atom. The number of carbonyl (C=O) groups excluding carboxylic acids is 1. The van der Waals surface area contributed by atoms with Crippen LogP contribution in [0, 0.1) is 17.5 Å². The minimum atomic E-state index is -0.810. The molecule has 0 saturated heterocycles. The van der Waals surface area contributed by atoms with Gasteiger partial charge in [0.15, 0.2) is 0 Å². The number of nitrogens with two attached hydrogens (primary N) is 1. The molecule has 0 fully saturated rings. The van der Waals surface area contributed by atoms with Crippen LogP contribution < -0.4 is 5.73 Å². The lowest BCUT2D eigenvalue weighted by molar-refractivity contribution is 0.0717. The molecule has 4 heterocycles. The molecule has 7 nitrogen and oxygen atoms in total. The summed E-state index contributed by atoms with van der Waals surface area (Å²) in [5.74, 6) is -2.54. The van der Waals surface area contributed by atoms with Crippen molar-refractivity contribution in [3.05, 3.63) is 88.1 Å². The highest BCUT2D eigenvalue weighted by Gasteiger charge is 2.26. The fraction of sp³-hybridized carbons (Fsp3) is 0.174. The Bertz CT molecular complexity index is 1370. The SMILES string of the molecule is Nc1nc2cc(C(=O)N(Cc3ncccc3F)Cc3c(F)cccc3F)[nH]c2c2c1COC2. The molecule has 1 aromatic carbocycles. The summed E-state index contributed by atoms with van der Waals surface area (Å²) in [7, 11) is 0. The minimum absolute atomic E-state index is 0.0321. The number of aromatic amines is 1. The Kier molecular flexibility index (Phi) is 5.21. The van der Waals surface area contributed by atoms with Gasteiger partial charge in [0.1, 0.15) is 29.0 Å². The number of rotatable bonds is 5. The first-order chi connectivity index (χ1) is 15.9. The van der Waals surface area contributed by atoms with Crippen LogP contribution in [-0.4, -0.2) is 25.8 Å². The Hall–Kier alpha value is -3.92. The van der Waals surface area contributed by atoms with E-state index >= 15 is 0 Å². The topological polar surface area (TPSA) is 97.1 Å². The number of benzene rings is 1. The number of fused-ring (bicyclic) bond motifs is 3. The summed E-state index contributed by atoms with van der Waals surface area (Å²) in [6.45, 7) is -0.0923. The number of nitrogen functional groups attached to an aromatic ring is 1. The van der Waals surface area contributed by atoms with Crippen LogP contribution in [0.4, 0.5) is 19.0 Å². The fourth-order valence-electron chi connectivity index (χ4n) is 3.91. The number of aromatic nitrogens is 3. The van der Waals surface area contributed by atoms with Gasteiger partial charge in [-0.25, -0.2) is 18.2 Å². The lowest BCUT2D eigenvalue weighted by Crippen LogP contribution is -2.32. The van der Waals surface area contributed by atoms with E-state index in [1.165, 1.54) is 30.5 Å². The van der Waals surface area contributed by atoms with Crippen LogP contribution in [-0.2, 0) is 31.0 Å². The zero-order valence-corrected chi connectivity index (χ0v) is 17.2. The third-order valence-electron chi connectivity index (χ3n) is 5.61. The molecule has 1 amide bonds. The molecule has 1 aliphatic heterocycles. The second kappa shape index (κ2) is 8.21. The second-order valence-corrected chi connectivity index (χ2v) is 7.68. The van der Waals surface area contributed by atoms with Gasteiger partial charge in [-0.2, -0.15) is 0 Å². The first-order valence-corrected chi connectivity index (χ1v) is 10.1. The van der Waals surface area contributed by atoms with Crippen molar-refractivity contribution in [2.24, 2.45) is 0 Å². The van der Waals surface area contributed by atoms with Crippen LogP contribution >= 0.6 is 0 Å². The van der Waals surface area contributed by atoms with Crippen molar-refractivity contribution in [2.45, 2.75) is 26.3 Å². The number of carbonyl (C=O) groups is 1. The highest BCUT2D eigenvalue weighted by atomic mass is 19.1. The predicted molar refractivity (Wildman–Crippen MR) is 113 cm³/mol. The van der Waals surface area contributed by atoms with E-state index in [2.05, 4.69) is 15.0 Å². The summed E-state index contributed by atoms with van der Waals surface area (Å²) in [6, 6.07) is 7.55. The van der Waals surface area contributed by atoms with Crippen LogP contribution in [0.15, 0.2) is 42.6 Å². The molecule has 0 unspecified atom stereocenters. The molecule has 0 aliphatic carbocycles. The first-order valence-electron chi connectivity index (χ1n) is 10.1. The summed E-state index contributed by atoms with van der Waals surface area (Å²) in [5, 5.41) is 0. The maximum atomic E-state index is 14.3. The Morgan fingerprint density at radius 2 is 1.79 bits per heavy atom. The van der Waals surface area contributed by atoms with Gasteiger partial charge in [-0.3, -0.25) is 9.78 Å². The number of ether oxygens (including phenoxy) is 1. The van der Waals surface area contributed by atoms with Gasteiger partial charge in [-0.05, 0) is 30.3 Å². The number of hydrogen-bond acceptors (Lipinski definition) is 5. The fourth-order valence-corrected chi connectivity index (χ4v) is 3.91. The van der Waals surface area contributed by atoms with Crippen molar-refractivity contribution in [1.29, 1.82) is 0 Å². The van der Waals surface area contributed by atoms with Gasteiger partial charge in [0, 0.05) is 22.9 Å². The third-order valence-corrected chi connectivity index (χ3v) is 5.61. The van der Waals surface area contributed by atoms with E-state index in [4.69, 9.17) is 10.5 Å². The number of pyridine rings is 2. The lowest BCUT2D eigenvalue weighted by Gasteiger charge is -2.22. The smallest absolute Gasteiger partial charge is 0.271 e. The molecule has 0 radical (unpaired) electrons. The number of hydrogen-bond donors (Lipinski definition) is 2. The maximum absolute atomic E-state index is 14.3. The van der Waals surface area contributed by atoms with E-state index in [-0.39, 0.29) is 23.5 Å². The zero-order valence-electron chi connectivity index (χ0n) is 17.2. The number of anilines is 1. The highest BCUT2D eigenvalue weighted by Crippen LogP contribution is 2.31. The standard InChI is InChI=1S/C23H18F3N5O2/c24-15-3-1-4-16(25)12(15)8-31(9-20-17(26)5-2-6-28-20)23(32)19-7-18-21(29-19)13-10-33-11-14(13)22(27)30-18/h1-7,29H,8-11H2,(H2,27,30). The quantitative estimate of drug-likeness (QED) is 0.479. The van der Waals surface area contributed by atoms with Crippen LogP contribution in [0.5, 0.6) is 0 Å². The monoisotopic (exact) mass is 453 g/mol. The van der Waals surface area contributed by atoms with E-state index in [9.17, 15) is 18.0 Å². The molecule has 3 N–H and O–H groups in total. The van der Waals surface area contributed by atoms with Crippen molar-refractivity contribution in [1.82, 2.24) is 19.9 Å². The lowest BCUT2D eigenvalue weighted by atomic mass is 10.1. The van der Waals surface area contributed by atoms with E-state index in [0.717, 1.165) is 28.2 Å². The highest BCUT2D eigenvalue weighted by molar-refractivity contribution is 5.98. The molecule has 0 atom stereocenters. The Balaban J connectivity index is 1.55. The molecular formula is C23H18F3N5O2. The number of amides is 1. The molecule has 0 saturated carbocycles. The van der Waals surface area contributed by atoms with E-state index < -0.39 is 29.9 Å². The molecule has 4 aromatic rings. The molecule has 168 valence electrons. The summed E-state index contributed by atoms with van der Waals surface area (Å²) < 4.78 is 48.4. The summed E-state index contributed by atoms with van der Waals surface area (Å²) in [5.41, 5.74) is 8.39. The average Bonchev–Trinajstić information content (AvgIpc) is 3.44. The number of nitrogens with zero attached hydrogens (tertiary/aromatic N) is 3. The van der Waals surface area contributed by atoms with E-state index in [0.29, 0.717) is 30.1 Å². The van der Waals surface area contributed by atoms with Crippen molar-refractivity contribution in [2.75, 3.05) is 5.73 Å². The number of halogens is 3. The normalized spacial score (nSPS) is 12.8. The van der Waals surface area contributed by atoms with Crippen LogP contribution in [0.2, 0.25) is 0 Å². The summed E-state index contributed by atoms with van der Waals surface area (Å²) in [4.78, 5) is 25.9. The number of H-pyrrole nitrogens is 1. The maximum Gasteiger partial charge on any atom is 0.271 e. The van der Waals surface area contributed by atoms with Gasteiger partial charge in [-0.15, -0.1) is 0 Å². The van der Waals surface area contributed by atoms with E-state index in [1.807, 2.05) is 0 Å². The van der Waals surface area contributed by atoms with Crippen LogP contribution in [0.3, 0.4) is 0 Å². The average molecular weight is 453 g/mol. The van der Waals surface area contributed by atoms with Gasteiger partial charge in [0.25, 0.3) is 5.91 Å². The second-order valence-electron chi connectivity index (χ2n) is 7.68. The van der Waals surface area contributed by atoms with Crippen molar-refractivity contribution in [3.63, 3.8) is 0 Å². The summed E-state index contributed by atoms with van der Waals surface area (Å²) in [6.07, 6.45) is 1.38. The van der Waals surface area contributed by atoms with Gasteiger partial charge < -0.3 is 20.4 Å². The minimum Gasteiger partial charge on any atom is -0.383 e. The van der Waals surface area contributed by atoms with Gasteiger partial charge in [0.2, 0.25) is 0 Å². The molecule has 0 bridgehead atoms. The van der Waals surface area contributed by atoms with Gasteiger partial charge in [0.05, 0.1) is 43.0 Å². The molecule has 3 aromatic heterocycles. The third kappa shape index (κ3) is 3.78. The molecule has 1 aliphatic rings. The molecular weight excluding hydrogens is 435 g/mol. The van der Waals surface area contributed by atoms with Gasteiger partial charge >= 0.3 is 0 Å². The Labute approximate surface area is 186 Å². The van der Waals surface area contributed by atoms with Crippen molar-refractivity contribution in [3.8, 4) is 0 Å². The summed E-state index contributed by atoms with van der Waals surface area (Å²) >= 11 is 0. The van der Waals surface area contributed by atoms with Crippen LogP contribution in [0.1, 0.15) is 32.9 Å².